The minimum atomic E-state index is -4.27. The van der Waals surface area contributed by atoms with E-state index >= 15 is 0 Å². The Morgan fingerprint density at radius 2 is 1.73 bits per heavy atom. The van der Waals surface area contributed by atoms with Crippen LogP contribution in [0.5, 0.6) is 0 Å². The number of halogens is 3. The van der Waals surface area contributed by atoms with E-state index in [1.165, 1.54) is 0 Å². The van der Waals surface area contributed by atoms with Gasteiger partial charge in [-0.3, -0.25) is 0 Å². The number of nitrogens with two attached hydrogens (primary N) is 1. The Balaban J connectivity index is 2.28. The number of benzene rings is 1. The van der Waals surface area contributed by atoms with Gasteiger partial charge in [-0.05, 0) is 24.8 Å². The van der Waals surface area contributed by atoms with Crippen LogP contribution in [0.2, 0.25) is 0 Å². The molecule has 2 N–H and O–H groups in total. The molecule has 0 heterocycles. The van der Waals surface area contributed by atoms with E-state index < -0.39 is 12.2 Å². The molecule has 0 aliphatic carbocycles. The predicted molar refractivity (Wildman–Crippen MR) is 53.4 cm³/mol. The fourth-order valence-corrected chi connectivity index (χ4v) is 1.33. The quantitative estimate of drug-likeness (QED) is 0.824. The van der Waals surface area contributed by atoms with Gasteiger partial charge in [0.1, 0.15) is 6.04 Å². The normalized spacial score (nSPS) is 13.9. The van der Waals surface area contributed by atoms with Gasteiger partial charge in [-0.1, -0.05) is 30.3 Å². The van der Waals surface area contributed by atoms with Crippen LogP contribution < -0.4 is 5.73 Å². The van der Waals surface area contributed by atoms with Gasteiger partial charge < -0.3 is 5.73 Å². The van der Waals surface area contributed by atoms with Crippen LogP contribution in [0.1, 0.15) is 18.4 Å². The molecule has 1 atom stereocenters. The Morgan fingerprint density at radius 3 is 2.27 bits per heavy atom. The topological polar surface area (TPSA) is 26.0 Å². The first-order valence-corrected chi connectivity index (χ1v) is 4.86. The molecule has 1 aromatic carbocycles. The van der Waals surface area contributed by atoms with E-state index in [4.69, 9.17) is 5.73 Å². The van der Waals surface area contributed by atoms with Crippen molar-refractivity contribution in [2.24, 2.45) is 5.73 Å². The lowest BCUT2D eigenvalue weighted by atomic mass is 10.1. The van der Waals surface area contributed by atoms with Gasteiger partial charge >= 0.3 is 6.18 Å². The molecule has 0 radical (unpaired) electrons. The monoisotopic (exact) mass is 217 g/mol. The van der Waals surface area contributed by atoms with Crippen molar-refractivity contribution in [2.75, 3.05) is 0 Å². The lowest BCUT2D eigenvalue weighted by molar-refractivity contribution is -0.149. The summed E-state index contributed by atoms with van der Waals surface area (Å²) in [6, 6.07) is 7.74. The van der Waals surface area contributed by atoms with E-state index in [0.29, 0.717) is 12.8 Å². The van der Waals surface area contributed by atoms with Crippen LogP contribution in [0.15, 0.2) is 30.3 Å². The maximum Gasteiger partial charge on any atom is 0.403 e. The van der Waals surface area contributed by atoms with Gasteiger partial charge in [0, 0.05) is 0 Å². The van der Waals surface area contributed by atoms with Crippen molar-refractivity contribution in [3.8, 4) is 0 Å². The second kappa shape index (κ2) is 5.16. The average Bonchev–Trinajstić information content (AvgIpc) is 2.18. The molecule has 0 aliphatic rings. The molecule has 0 saturated carbocycles. The van der Waals surface area contributed by atoms with E-state index in [1.54, 1.807) is 0 Å². The molecule has 0 aromatic heterocycles. The van der Waals surface area contributed by atoms with Crippen LogP contribution in [0.25, 0.3) is 0 Å². The largest absolute Gasteiger partial charge is 0.403 e. The molecule has 84 valence electrons. The molecule has 0 saturated heterocycles. The summed E-state index contributed by atoms with van der Waals surface area (Å²) >= 11 is 0. The summed E-state index contributed by atoms with van der Waals surface area (Å²) in [5, 5.41) is 0. The van der Waals surface area contributed by atoms with Gasteiger partial charge in [-0.2, -0.15) is 13.2 Å². The smallest absolute Gasteiger partial charge is 0.320 e. The van der Waals surface area contributed by atoms with E-state index in [2.05, 4.69) is 0 Å². The fourth-order valence-electron chi connectivity index (χ4n) is 1.33. The van der Waals surface area contributed by atoms with Crippen LogP contribution in [0.4, 0.5) is 13.2 Å². The second-order valence-corrected chi connectivity index (χ2v) is 3.53. The molecule has 15 heavy (non-hydrogen) atoms. The lowest BCUT2D eigenvalue weighted by Crippen LogP contribution is -2.37. The van der Waals surface area contributed by atoms with Gasteiger partial charge in [0.05, 0.1) is 0 Å². The van der Waals surface area contributed by atoms with Crippen LogP contribution in [0, 0.1) is 0 Å². The van der Waals surface area contributed by atoms with Crippen molar-refractivity contribution >= 4 is 0 Å². The molecule has 0 aliphatic heterocycles. The highest BCUT2D eigenvalue weighted by Crippen LogP contribution is 2.22. The van der Waals surface area contributed by atoms with Gasteiger partial charge in [-0.25, -0.2) is 0 Å². The first kappa shape index (κ1) is 12.0. The minimum absolute atomic E-state index is 0.0155. The summed E-state index contributed by atoms with van der Waals surface area (Å²) in [6.45, 7) is 0. The highest BCUT2D eigenvalue weighted by Gasteiger charge is 2.35. The summed E-state index contributed by atoms with van der Waals surface area (Å²) in [7, 11) is 0. The number of aryl methyl sites for hydroxylation is 1. The zero-order valence-corrected chi connectivity index (χ0v) is 8.30. The Labute approximate surface area is 87.1 Å². The van der Waals surface area contributed by atoms with Crippen LogP contribution in [-0.2, 0) is 6.42 Å². The summed E-state index contributed by atoms with van der Waals surface area (Å²) in [5.41, 5.74) is 6.04. The van der Waals surface area contributed by atoms with Gasteiger partial charge in [-0.15, -0.1) is 0 Å². The maximum atomic E-state index is 12.0. The Bertz CT molecular complexity index is 282. The van der Waals surface area contributed by atoms with Crippen molar-refractivity contribution in [3.05, 3.63) is 35.9 Å². The molecule has 0 spiro atoms. The van der Waals surface area contributed by atoms with E-state index in [0.717, 1.165) is 5.56 Å². The summed E-state index contributed by atoms with van der Waals surface area (Å²) in [4.78, 5) is 0. The summed E-state index contributed by atoms with van der Waals surface area (Å²) in [6.07, 6.45) is -3.18. The minimum Gasteiger partial charge on any atom is -0.320 e. The lowest BCUT2D eigenvalue weighted by Gasteiger charge is -2.14. The SMILES string of the molecule is NC(CCCc1ccccc1)C(F)(F)F. The van der Waals surface area contributed by atoms with Crippen molar-refractivity contribution < 1.29 is 13.2 Å². The predicted octanol–water partition coefficient (Wildman–Crippen LogP) is 2.90. The standard InChI is InChI=1S/C11H14F3N/c12-11(13,14)10(15)8-4-7-9-5-2-1-3-6-9/h1-3,5-6,10H,4,7-8,15H2. The molecule has 1 aromatic rings. The molecule has 0 bridgehead atoms. The zero-order chi connectivity index (χ0) is 11.3. The van der Waals surface area contributed by atoms with E-state index in [1.807, 2.05) is 30.3 Å². The third-order valence-corrected chi connectivity index (χ3v) is 2.24. The maximum absolute atomic E-state index is 12.0. The average molecular weight is 217 g/mol. The van der Waals surface area contributed by atoms with Gasteiger partial charge in [0.25, 0.3) is 0 Å². The summed E-state index contributed by atoms with van der Waals surface area (Å²) in [5.74, 6) is 0. The molecule has 0 amide bonds. The Hall–Kier alpha value is -1.03. The van der Waals surface area contributed by atoms with Crippen molar-refractivity contribution in [1.82, 2.24) is 0 Å². The fraction of sp³-hybridized carbons (Fsp3) is 0.455. The third-order valence-electron chi connectivity index (χ3n) is 2.24. The third kappa shape index (κ3) is 4.34. The summed E-state index contributed by atoms with van der Waals surface area (Å²) < 4.78 is 36.1. The van der Waals surface area contributed by atoms with Crippen LogP contribution in [0.3, 0.4) is 0 Å². The first-order chi connectivity index (χ1) is 7.00. The Kier molecular flexibility index (Phi) is 4.15. The van der Waals surface area contributed by atoms with Crippen molar-refractivity contribution in [2.45, 2.75) is 31.5 Å². The van der Waals surface area contributed by atoms with E-state index in [-0.39, 0.29) is 6.42 Å². The van der Waals surface area contributed by atoms with Crippen LogP contribution in [-0.4, -0.2) is 12.2 Å². The van der Waals surface area contributed by atoms with Crippen molar-refractivity contribution in [1.29, 1.82) is 0 Å². The molecule has 1 rings (SSSR count). The molecule has 4 heteroatoms. The number of rotatable bonds is 4. The Morgan fingerprint density at radius 1 is 1.13 bits per heavy atom. The zero-order valence-electron chi connectivity index (χ0n) is 8.30. The van der Waals surface area contributed by atoms with Crippen molar-refractivity contribution in [3.63, 3.8) is 0 Å². The molecule has 1 nitrogen and oxygen atoms in total. The molecule has 1 unspecified atom stereocenters. The highest BCUT2D eigenvalue weighted by atomic mass is 19.4. The first-order valence-electron chi connectivity index (χ1n) is 4.86. The number of alkyl halides is 3. The molecular weight excluding hydrogens is 203 g/mol. The number of hydrogen-bond acceptors (Lipinski definition) is 1. The molecule has 0 fully saturated rings. The van der Waals surface area contributed by atoms with Crippen LogP contribution >= 0.6 is 0 Å². The van der Waals surface area contributed by atoms with Gasteiger partial charge in [0.2, 0.25) is 0 Å². The number of hydrogen-bond donors (Lipinski definition) is 1. The van der Waals surface area contributed by atoms with Gasteiger partial charge in [0.15, 0.2) is 0 Å². The highest BCUT2D eigenvalue weighted by molar-refractivity contribution is 5.14. The molecular formula is C11H14F3N. The second-order valence-electron chi connectivity index (χ2n) is 3.53. The van der Waals surface area contributed by atoms with E-state index in [9.17, 15) is 13.2 Å².